The number of carbonyl (C=O) groups is 4. The van der Waals surface area contributed by atoms with Crippen molar-refractivity contribution in [2.45, 2.75) is 366 Å². The van der Waals surface area contributed by atoms with Gasteiger partial charge >= 0.3 is 23.9 Å². The molecule has 0 aromatic heterocycles. The number of hydrogen-bond donors (Lipinski definition) is 3. The third-order valence-corrected chi connectivity index (χ3v) is 15.8. The van der Waals surface area contributed by atoms with E-state index in [-0.39, 0.29) is 25.9 Å². The van der Waals surface area contributed by atoms with Gasteiger partial charge in [-0.05, 0) is 103 Å². The average Bonchev–Trinajstić information content (AvgIpc) is 3.57. The molecular weight excluding hydrogens is 1040 g/mol. The number of rotatable bonds is 60. The Hall–Kier alpha value is -3.32. The van der Waals surface area contributed by atoms with Gasteiger partial charge in [-0.2, -0.15) is 0 Å². The topological polar surface area (TPSA) is 175 Å². The predicted molar refractivity (Wildman–Crippen MR) is 340 cm³/mol. The lowest BCUT2D eigenvalue weighted by atomic mass is 9.98. The first-order chi connectivity index (χ1) is 40.6. The third-order valence-electron chi connectivity index (χ3n) is 15.8. The van der Waals surface area contributed by atoms with Gasteiger partial charge in [-0.3, -0.25) is 14.4 Å². The monoisotopic (exact) mass is 1170 g/mol. The summed E-state index contributed by atoms with van der Waals surface area (Å²) >= 11 is 0. The molecule has 1 aliphatic rings. The van der Waals surface area contributed by atoms with E-state index in [0.717, 1.165) is 103 Å². The molecule has 0 saturated carbocycles. The molecule has 3 N–H and O–H groups in total. The number of ether oxygens (including phenoxy) is 5. The Balaban J connectivity index is 2.62. The van der Waals surface area contributed by atoms with Crippen molar-refractivity contribution in [3.05, 3.63) is 48.6 Å². The van der Waals surface area contributed by atoms with Gasteiger partial charge in [0.15, 0.2) is 24.6 Å². The molecule has 12 heteroatoms. The molecule has 0 amide bonds. The number of allylic oxidation sites excluding steroid dienone is 8. The van der Waals surface area contributed by atoms with Crippen LogP contribution in [0.4, 0.5) is 0 Å². The van der Waals surface area contributed by atoms with Gasteiger partial charge in [0, 0.05) is 19.3 Å². The Morgan fingerprint density at radius 3 is 1.12 bits per heavy atom. The van der Waals surface area contributed by atoms with Crippen LogP contribution >= 0.6 is 0 Å². The van der Waals surface area contributed by atoms with Crippen LogP contribution in [0.2, 0.25) is 0 Å². The molecular formula is C71H126O12. The minimum absolute atomic E-state index is 0.0591. The maximum absolute atomic E-state index is 13.2. The Labute approximate surface area is 507 Å². The van der Waals surface area contributed by atoms with Crippen molar-refractivity contribution < 1.29 is 58.2 Å². The zero-order chi connectivity index (χ0) is 60.3. The summed E-state index contributed by atoms with van der Waals surface area (Å²) in [6.45, 7) is 6.00. The first-order valence-electron chi connectivity index (χ1n) is 34.6. The van der Waals surface area contributed by atoms with E-state index in [9.17, 15) is 34.5 Å². The fourth-order valence-electron chi connectivity index (χ4n) is 10.5. The van der Waals surface area contributed by atoms with Crippen molar-refractivity contribution in [3.63, 3.8) is 0 Å². The molecule has 6 atom stereocenters. The summed E-state index contributed by atoms with van der Waals surface area (Å²) in [5.74, 6) is -3.11. The van der Waals surface area contributed by atoms with Crippen LogP contribution < -0.4 is 0 Å². The van der Waals surface area contributed by atoms with Gasteiger partial charge in [0.05, 0.1) is 6.61 Å². The summed E-state index contributed by atoms with van der Waals surface area (Å²) in [5, 5.41) is 31.6. The lowest BCUT2D eigenvalue weighted by molar-refractivity contribution is -0.301. The van der Waals surface area contributed by atoms with Gasteiger partial charge in [0.25, 0.3) is 0 Å². The lowest BCUT2D eigenvalue weighted by Crippen LogP contribution is -2.61. The third kappa shape index (κ3) is 48.5. The Morgan fingerprint density at radius 2 is 0.723 bits per heavy atom. The number of aliphatic carboxylic acids is 1. The van der Waals surface area contributed by atoms with E-state index in [1.807, 2.05) is 0 Å². The highest BCUT2D eigenvalue weighted by atomic mass is 16.7. The SMILES string of the molecule is CCCCC/C=C\C/C=C\CCCCCCCCCCCC(=O)OCC(COC1OC(C(=O)O)C(O)C(O)C1OC(=O)CCCCCCCCCCC/C=C\CCCCCCCC)OC(=O)CCCCCCC/C=C\CCCCCCCC. The van der Waals surface area contributed by atoms with Crippen LogP contribution in [-0.2, 0) is 42.9 Å². The quantitative estimate of drug-likeness (QED) is 0.0228. The molecule has 1 fully saturated rings. The standard InChI is InChI=1S/C71H126O12/c1-4-7-10-13-16-19-22-25-28-30-32-34-37-39-42-45-48-51-54-57-63(72)79-60-62(81-64(73)58-55-52-49-46-43-40-36-27-24-21-18-15-12-9-6-3)61-80-71-69(67(76)66(75)68(83-71)70(77)78)82-65(74)59-56-53-50-47-44-41-38-35-33-31-29-26-23-20-17-14-11-8-5-2/h16,19,25-29,36,62,66-69,71,75-76H,4-15,17-18,20-24,30-35,37-61H2,1-3H3,(H,77,78)/b19-16-,28-25-,29-26-,36-27-. The molecule has 12 nitrogen and oxygen atoms in total. The average molecular weight is 1170 g/mol. The fraction of sp³-hybridized carbons (Fsp3) is 0.831. The summed E-state index contributed by atoms with van der Waals surface area (Å²) in [6, 6.07) is 0. The van der Waals surface area contributed by atoms with Crippen molar-refractivity contribution >= 4 is 23.9 Å². The minimum atomic E-state index is -1.90. The molecule has 0 spiro atoms. The molecule has 0 aromatic carbocycles. The maximum atomic E-state index is 13.2. The highest BCUT2D eigenvalue weighted by Crippen LogP contribution is 2.27. The molecule has 6 unspecified atom stereocenters. The van der Waals surface area contributed by atoms with Crippen molar-refractivity contribution in [3.8, 4) is 0 Å². The van der Waals surface area contributed by atoms with E-state index in [0.29, 0.717) is 19.3 Å². The molecule has 1 rings (SSSR count). The van der Waals surface area contributed by atoms with E-state index in [1.54, 1.807) is 0 Å². The van der Waals surface area contributed by atoms with E-state index in [1.165, 1.54) is 167 Å². The summed E-state index contributed by atoms with van der Waals surface area (Å²) in [5.41, 5.74) is 0. The molecule has 0 bridgehead atoms. The van der Waals surface area contributed by atoms with Gasteiger partial charge in [-0.1, -0.05) is 256 Å². The number of esters is 3. The van der Waals surface area contributed by atoms with Gasteiger partial charge in [-0.25, -0.2) is 4.79 Å². The number of aliphatic hydroxyl groups is 2. The molecule has 0 aliphatic carbocycles. The number of carboxylic acid groups (broad SMARTS) is 1. The fourth-order valence-corrected chi connectivity index (χ4v) is 10.5. The van der Waals surface area contributed by atoms with Crippen molar-refractivity contribution in [2.24, 2.45) is 0 Å². The van der Waals surface area contributed by atoms with Gasteiger partial charge in [0.1, 0.15) is 18.8 Å². The molecule has 0 aromatic rings. The molecule has 1 saturated heterocycles. The predicted octanol–water partition coefficient (Wildman–Crippen LogP) is 18.9. The largest absolute Gasteiger partial charge is 0.479 e. The molecule has 83 heavy (non-hydrogen) atoms. The second-order valence-corrected chi connectivity index (χ2v) is 23.8. The van der Waals surface area contributed by atoms with Crippen LogP contribution in [0.25, 0.3) is 0 Å². The number of carboxylic acids is 1. The Bertz CT molecular complexity index is 1630. The summed E-state index contributed by atoms with van der Waals surface area (Å²) in [4.78, 5) is 51.4. The summed E-state index contributed by atoms with van der Waals surface area (Å²) < 4.78 is 28.6. The van der Waals surface area contributed by atoms with Crippen LogP contribution in [-0.4, -0.2) is 89.2 Å². The summed E-state index contributed by atoms with van der Waals surface area (Å²) in [6.07, 6.45) is 60.6. The second kappa shape index (κ2) is 59.0. The van der Waals surface area contributed by atoms with Gasteiger partial charge < -0.3 is 39.0 Å². The number of carbonyl (C=O) groups excluding carboxylic acids is 3. The van der Waals surface area contributed by atoms with E-state index < -0.39 is 67.3 Å². The second-order valence-electron chi connectivity index (χ2n) is 23.8. The normalized spacial score (nSPS) is 17.8. The molecule has 0 radical (unpaired) electrons. The highest BCUT2D eigenvalue weighted by molar-refractivity contribution is 5.74. The van der Waals surface area contributed by atoms with E-state index in [2.05, 4.69) is 69.4 Å². The zero-order valence-electron chi connectivity index (χ0n) is 53.5. The van der Waals surface area contributed by atoms with Crippen LogP contribution in [0.3, 0.4) is 0 Å². The van der Waals surface area contributed by atoms with Gasteiger partial charge in [0.2, 0.25) is 0 Å². The molecule has 1 aliphatic heterocycles. The van der Waals surface area contributed by atoms with Crippen LogP contribution in [0, 0.1) is 0 Å². The van der Waals surface area contributed by atoms with E-state index >= 15 is 0 Å². The van der Waals surface area contributed by atoms with Crippen LogP contribution in [0.1, 0.15) is 329 Å². The minimum Gasteiger partial charge on any atom is -0.479 e. The Morgan fingerprint density at radius 1 is 0.398 bits per heavy atom. The first-order valence-corrected chi connectivity index (χ1v) is 34.6. The van der Waals surface area contributed by atoms with Crippen molar-refractivity contribution in [2.75, 3.05) is 13.2 Å². The smallest absolute Gasteiger partial charge is 0.335 e. The number of aliphatic hydroxyl groups excluding tert-OH is 2. The van der Waals surface area contributed by atoms with Crippen molar-refractivity contribution in [1.29, 1.82) is 0 Å². The molecule has 482 valence electrons. The van der Waals surface area contributed by atoms with E-state index in [4.69, 9.17) is 23.7 Å². The lowest BCUT2D eigenvalue weighted by Gasteiger charge is -2.40. The van der Waals surface area contributed by atoms with Crippen LogP contribution in [0.15, 0.2) is 48.6 Å². The summed E-state index contributed by atoms with van der Waals surface area (Å²) in [7, 11) is 0. The van der Waals surface area contributed by atoms with Crippen LogP contribution in [0.5, 0.6) is 0 Å². The zero-order valence-corrected chi connectivity index (χ0v) is 53.5. The maximum Gasteiger partial charge on any atom is 0.335 e. The van der Waals surface area contributed by atoms with Gasteiger partial charge in [-0.15, -0.1) is 0 Å². The van der Waals surface area contributed by atoms with Crippen molar-refractivity contribution in [1.82, 2.24) is 0 Å². The number of unbranched alkanes of at least 4 members (excludes halogenated alkanes) is 38. The number of hydrogen-bond acceptors (Lipinski definition) is 11. The first kappa shape index (κ1) is 77.7. The molecule has 1 heterocycles. The highest BCUT2D eigenvalue weighted by Gasteiger charge is 2.50. The Kier molecular flexibility index (Phi) is 55.3.